The summed E-state index contributed by atoms with van der Waals surface area (Å²) in [6.07, 6.45) is 7.56. The molecule has 4 heterocycles. The number of carbonyl (C=O) groups excluding carboxylic acids is 1. The van der Waals surface area contributed by atoms with Crippen molar-refractivity contribution >= 4 is 17.2 Å². The predicted molar refractivity (Wildman–Crippen MR) is 105 cm³/mol. The average Bonchev–Trinajstić information content (AvgIpc) is 3.28. The molecule has 0 bridgehead atoms. The van der Waals surface area contributed by atoms with Crippen molar-refractivity contribution in [1.82, 2.24) is 24.4 Å². The number of nitrogens with zero attached hydrogens (tertiary/aromatic N) is 5. The summed E-state index contributed by atoms with van der Waals surface area (Å²) >= 11 is 1.49. The van der Waals surface area contributed by atoms with Crippen molar-refractivity contribution in [1.29, 1.82) is 0 Å². The van der Waals surface area contributed by atoms with Crippen LogP contribution in [0.3, 0.4) is 0 Å². The van der Waals surface area contributed by atoms with Gasteiger partial charge in [-0.1, -0.05) is 6.07 Å². The van der Waals surface area contributed by atoms with Crippen LogP contribution >= 0.6 is 11.3 Å². The second-order valence-corrected chi connectivity index (χ2v) is 8.15. The summed E-state index contributed by atoms with van der Waals surface area (Å²) in [7, 11) is 0. The van der Waals surface area contributed by atoms with Crippen LogP contribution in [-0.4, -0.2) is 43.4 Å². The summed E-state index contributed by atoms with van der Waals surface area (Å²) < 4.78 is 2.18. The summed E-state index contributed by atoms with van der Waals surface area (Å²) in [5.41, 5.74) is 1.87. The zero-order chi connectivity index (χ0) is 18.8. The third kappa shape index (κ3) is 3.78. The highest BCUT2D eigenvalue weighted by molar-refractivity contribution is 7.13. The van der Waals surface area contributed by atoms with Gasteiger partial charge in [0.2, 0.25) is 0 Å². The fraction of sp³-hybridized carbons (Fsp3) is 0.400. The van der Waals surface area contributed by atoms with E-state index in [1.54, 1.807) is 0 Å². The van der Waals surface area contributed by atoms with Gasteiger partial charge in [0.05, 0.1) is 22.9 Å². The normalized spacial score (nSPS) is 15.3. The SMILES string of the molecule is Cc1nc(C)c(C(=O)N2CCC(c3nccn3Cc3ccccn3)CC2)s1. The highest BCUT2D eigenvalue weighted by Crippen LogP contribution is 2.29. The molecular formula is C20H23N5OS. The summed E-state index contributed by atoms with van der Waals surface area (Å²) in [4.78, 5) is 28.9. The quantitative estimate of drug-likeness (QED) is 0.695. The van der Waals surface area contributed by atoms with Crippen molar-refractivity contribution in [2.45, 2.75) is 39.2 Å². The Bertz CT molecular complexity index is 925. The lowest BCUT2D eigenvalue weighted by atomic mass is 9.95. The van der Waals surface area contributed by atoms with Crippen molar-refractivity contribution in [3.8, 4) is 0 Å². The molecule has 1 fully saturated rings. The van der Waals surface area contributed by atoms with Gasteiger partial charge in [-0.2, -0.15) is 0 Å². The van der Waals surface area contributed by atoms with Gasteiger partial charge in [-0.3, -0.25) is 9.78 Å². The predicted octanol–water partition coefficient (Wildman–Crippen LogP) is 3.42. The summed E-state index contributed by atoms with van der Waals surface area (Å²) in [5, 5.41) is 0.947. The Kier molecular flexibility index (Phi) is 5.03. The molecular weight excluding hydrogens is 358 g/mol. The number of carbonyl (C=O) groups is 1. The second-order valence-electron chi connectivity index (χ2n) is 6.95. The van der Waals surface area contributed by atoms with E-state index >= 15 is 0 Å². The highest BCUT2D eigenvalue weighted by Gasteiger charge is 2.28. The van der Waals surface area contributed by atoms with Gasteiger partial charge in [0.1, 0.15) is 10.7 Å². The summed E-state index contributed by atoms with van der Waals surface area (Å²) in [5.74, 6) is 1.59. The van der Waals surface area contributed by atoms with Crippen LogP contribution in [0.15, 0.2) is 36.8 Å². The minimum Gasteiger partial charge on any atom is -0.338 e. The minimum atomic E-state index is 0.119. The first-order valence-electron chi connectivity index (χ1n) is 9.26. The first-order chi connectivity index (χ1) is 13.1. The molecule has 0 aliphatic carbocycles. The Morgan fingerprint density at radius 1 is 1.19 bits per heavy atom. The van der Waals surface area contributed by atoms with E-state index in [2.05, 4.69) is 19.5 Å². The lowest BCUT2D eigenvalue weighted by molar-refractivity contribution is 0.0714. The van der Waals surface area contributed by atoms with E-state index in [0.717, 1.165) is 59.6 Å². The highest BCUT2D eigenvalue weighted by atomic mass is 32.1. The number of rotatable bonds is 4. The Morgan fingerprint density at radius 2 is 2.00 bits per heavy atom. The Balaban J connectivity index is 1.42. The van der Waals surface area contributed by atoms with E-state index < -0.39 is 0 Å². The molecule has 1 amide bonds. The third-order valence-electron chi connectivity index (χ3n) is 5.05. The molecule has 0 atom stereocenters. The molecule has 0 aromatic carbocycles. The van der Waals surface area contributed by atoms with Crippen molar-refractivity contribution < 1.29 is 4.79 Å². The van der Waals surface area contributed by atoms with Gasteiger partial charge in [-0.05, 0) is 38.8 Å². The molecule has 27 heavy (non-hydrogen) atoms. The van der Waals surface area contributed by atoms with E-state index in [4.69, 9.17) is 0 Å². The number of pyridine rings is 1. The summed E-state index contributed by atoms with van der Waals surface area (Å²) in [6.45, 7) is 6.11. The van der Waals surface area contributed by atoms with E-state index in [0.29, 0.717) is 5.92 Å². The topological polar surface area (TPSA) is 63.9 Å². The molecule has 3 aromatic rings. The number of likely N-dealkylation sites (tertiary alicyclic amines) is 1. The molecule has 1 aliphatic rings. The Hall–Kier alpha value is -2.54. The van der Waals surface area contributed by atoms with Crippen LogP contribution in [0.5, 0.6) is 0 Å². The van der Waals surface area contributed by atoms with Gasteiger partial charge in [-0.15, -0.1) is 11.3 Å². The smallest absolute Gasteiger partial charge is 0.265 e. The fourth-order valence-corrected chi connectivity index (χ4v) is 4.58. The molecule has 1 aliphatic heterocycles. The van der Waals surface area contributed by atoms with Crippen molar-refractivity contribution in [2.24, 2.45) is 0 Å². The van der Waals surface area contributed by atoms with Gasteiger partial charge in [0.25, 0.3) is 5.91 Å². The largest absolute Gasteiger partial charge is 0.338 e. The molecule has 7 heteroatoms. The number of aromatic nitrogens is 4. The van der Waals surface area contributed by atoms with E-state index in [1.165, 1.54) is 11.3 Å². The van der Waals surface area contributed by atoms with Gasteiger partial charge >= 0.3 is 0 Å². The van der Waals surface area contributed by atoms with E-state index in [9.17, 15) is 4.79 Å². The van der Waals surface area contributed by atoms with Crippen LogP contribution in [0.1, 0.15) is 50.7 Å². The number of hydrogen-bond acceptors (Lipinski definition) is 5. The number of imidazole rings is 1. The number of thiazole rings is 1. The Labute approximate surface area is 162 Å². The maximum absolute atomic E-state index is 12.8. The van der Waals surface area contributed by atoms with Crippen LogP contribution in [0, 0.1) is 13.8 Å². The monoisotopic (exact) mass is 381 g/mol. The third-order valence-corrected chi connectivity index (χ3v) is 6.11. The van der Waals surface area contributed by atoms with Crippen molar-refractivity contribution in [2.75, 3.05) is 13.1 Å². The molecule has 140 valence electrons. The van der Waals surface area contributed by atoms with Gasteiger partial charge in [0, 0.05) is 37.6 Å². The number of amides is 1. The zero-order valence-corrected chi connectivity index (χ0v) is 16.4. The molecule has 0 radical (unpaired) electrons. The first-order valence-corrected chi connectivity index (χ1v) is 10.1. The van der Waals surface area contributed by atoms with E-state index in [-0.39, 0.29) is 5.91 Å². The van der Waals surface area contributed by atoms with Crippen molar-refractivity contribution in [3.63, 3.8) is 0 Å². The lowest BCUT2D eigenvalue weighted by Gasteiger charge is -2.31. The van der Waals surface area contributed by atoms with E-state index in [1.807, 2.05) is 55.5 Å². The van der Waals surface area contributed by atoms with Crippen LogP contribution in [0.4, 0.5) is 0 Å². The molecule has 0 saturated carbocycles. The molecule has 0 N–H and O–H groups in total. The number of piperidine rings is 1. The summed E-state index contributed by atoms with van der Waals surface area (Å²) in [6, 6.07) is 5.97. The minimum absolute atomic E-state index is 0.119. The zero-order valence-electron chi connectivity index (χ0n) is 15.6. The van der Waals surface area contributed by atoms with Crippen LogP contribution in [0.25, 0.3) is 0 Å². The molecule has 3 aromatic heterocycles. The van der Waals surface area contributed by atoms with Gasteiger partial charge < -0.3 is 9.47 Å². The molecule has 6 nitrogen and oxygen atoms in total. The second kappa shape index (κ2) is 7.60. The van der Waals surface area contributed by atoms with Gasteiger partial charge in [-0.25, -0.2) is 9.97 Å². The molecule has 0 spiro atoms. The molecule has 0 unspecified atom stereocenters. The Morgan fingerprint density at radius 3 is 2.67 bits per heavy atom. The maximum atomic E-state index is 12.8. The van der Waals surface area contributed by atoms with Crippen LogP contribution in [0.2, 0.25) is 0 Å². The lowest BCUT2D eigenvalue weighted by Crippen LogP contribution is -2.38. The van der Waals surface area contributed by atoms with Crippen molar-refractivity contribution in [3.05, 3.63) is 63.9 Å². The maximum Gasteiger partial charge on any atom is 0.265 e. The van der Waals surface area contributed by atoms with Crippen LogP contribution < -0.4 is 0 Å². The molecule has 4 rings (SSSR count). The number of aryl methyl sites for hydroxylation is 2. The first kappa shape index (κ1) is 17.9. The molecule has 1 saturated heterocycles. The number of hydrogen-bond donors (Lipinski definition) is 0. The average molecular weight is 382 g/mol. The fourth-order valence-electron chi connectivity index (χ4n) is 3.69. The van der Waals surface area contributed by atoms with Gasteiger partial charge in [0.15, 0.2) is 0 Å². The van der Waals surface area contributed by atoms with Crippen LogP contribution in [-0.2, 0) is 6.54 Å². The standard InChI is InChI=1S/C20H23N5OS/c1-14-18(27-15(2)23-14)20(26)24-10-6-16(7-11-24)19-22-9-12-25(19)13-17-5-3-4-8-21-17/h3-5,8-9,12,16H,6-7,10-11,13H2,1-2H3.